The van der Waals surface area contributed by atoms with Gasteiger partial charge in [0.25, 0.3) is 0 Å². The Morgan fingerprint density at radius 2 is 1.85 bits per heavy atom. The summed E-state index contributed by atoms with van der Waals surface area (Å²) < 4.78 is 20.8. The number of nitrogens with zero attached hydrogens (tertiary/aromatic N) is 4. The van der Waals surface area contributed by atoms with Crippen LogP contribution < -0.4 is 10.1 Å². The number of pyridine rings is 2. The minimum atomic E-state index is -0.339. The topological polar surface area (TPSA) is 112 Å². The molecule has 0 bridgehead atoms. The van der Waals surface area contributed by atoms with Crippen LogP contribution in [-0.4, -0.2) is 62.2 Å². The third-order valence-corrected chi connectivity index (χ3v) is 8.39. The molecule has 0 atom stereocenters. The lowest BCUT2D eigenvalue weighted by molar-refractivity contribution is -0.117. The van der Waals surface area contributed by atoms with Crippen LogP contribution in [0.5, 0.6) is 5.75 Å². The van der Waals surface area contributed by atoms with Crippen molar-refractivity contribution >= 4 is 33.5 Å². The molecule has 10 heteroatoms. The second-order valence-corrected chi connectivity index (χ2v) is 13.4. The monoisotopic (exact) mass is 631 g/mol. The Hall–Kier alpha value is -5.09. The molecule has 1 fully saturated rings. The van der Waals surface area contributed by atoms with E-state index in [0.29, 0.717) is 41.4 Å². The lowest BCUT2D eigenvalue weighted by atomic mass is 9.92. The number of aromatic nitrogens is 5. The fourth-order valence-electron chi connectivity index (χ4n) is 6.22. The molecule has 6 aromatic rings. The molecule has 4 aromatic heterocycles. The maximum absolute atomic E-state index is 14.8. The average molecular weight is 632 g/mol. The van der Waals surface area contributed by atoms with Crippen molar-refractivity contribution < 1.29 is 13.9 Å². The molecule has 0 spiro atoms. The van der Waals surface area contributed by atoms with Gasteiger partial charge in [0, 0.05) is 41.7 Å². The molecular weight excluding hydrogens is 593 g/mol. The summed E-state index contributed by atoms with van der Waals surface area (Å²) in [5, 5.41) is 11.6. The minimum absolute atomic E-state index is 0.0605. The number of rotatable bonds is 9. The van der Waals surface area contributed by atoms with Crippen molar-refractivity contribution in [3.05, 3.63) is 78.9 Å². The highest BCUT2D eigenvalue weighted by atomic mass is 19.1. The van der Waals surface area contributed by atoms with Crippen LogP contribution in [0.15, 0.2) is 73.1 Å². The normalized spacial score (nSPS) is 13.9. The van der Waals surface area contributed by atoms with E-state index in [4.69, 9.17) is 9.72 Å². The van der Waals surface area contributed by atoms with Crippen molar-refractivity contribution in [2.24, 2.45) is 5.41 Å². The Bertz CT molecular complexity index is 2070. The molecule has 7 rings (SSSR count). The van der Waals surface area contributed by atoms with Gasteiger partial charge in [0.05, 0.1) is 28.8 Å². The summed E-state index contributed by atoms with van der Waals surface area (Å²) in [5.74, 6) is 0.123. The molecule has 1 amide bonds. The highest BCUT2D eigenvalue weighted by Crippen LogP contribution is 2.36. The summed E-state index contributed by atoms with van der Waals surface area (Å²) >= 11 is 0. The van der Waals surface area contributed by atoms with Crippen molar-refractivity contribution in [1.82, 2.24) is 30.0 Å². The molecule has 1 saturated heterocycles. The molecule has 0 saturated carbocycles. The van der Waals surface area contributed by atoms with Crippen LogP contribution in [0.3, 0.4) is 0 Å². The quantitative estimate of drug-likeness (QED) is 0.150. The van der Waals surface area contributed by atoms with Crippen molar-refractivity contribution in [2.75, 3.05) is 31.6 Å². The number of anilines is 1. The lowest BCUT2D eigenvalue weighted by Crippen LogP contribution is -2.25. The van der Waals surface area contributed by atoms with Crippen molar-refractivity contribution in [3.63, 3.8) is 0 Å². The van der Waals surface area contributed by atoms with Gasteiger partial charge in [-0.3, -0.25) is 19.8 Å². The largest absolute Gasteiger partial charge is 0.492 e. The summed E-state index contributed by atoms with van der Waals surface area (Å²) in [4.78, 5) is 27.7. The summed E-state index contributed by atoms with van der Waals surface area (Å²) in [6.07, 6.45) is 6.21. The number of carbonyl (C=O) groups excluding carboxylic acids is 1. The molecule has 47 heavy (non-hydrogen) atoms. The molecule has 9 nitrogen and oxygen atoms in total. The summed E-state index contributed by atoms with van der Waals surface area (Å²) in [6.45, 7) is 9.64. The first-order chi connectivity index (χ1) is 22.7. The molecule has 5 heterocycles. The van der Waals surface area contributed by atoms with E-state index in [0.717, 1.165) is 58.4 Å². The number of H-pyrrole nitrogens is 2. The van der Waals surface area contributed by atoms with Crippen LogP contribution in [0.2, 0.25) is 0 Å². The Balaban J connectivity index is 1.17. The zero-order chi connectivity index (χ0) is 32.5. The van der Waals surface area contributed by atoms with Crippen molar-refractivity contribution in [3.8, 4) is 39.5 Å². The first-order valence-electron chi connectivity index (χ1n) is 16.1. The number of amides is 1. The van der Waals surface area contributed by atoms with Gasteiger partial charge >= 0.3 is 0 Å². The number of hydrogen-bond acceptors (Lipinski definition) is 6. The number of benzene rings is 2. The maximum Gasteiger partial charge on any atom is 0.224 e. The Morgan fingerprint density at radius 3 is 2.68 bits per heavy atom. The van der Waals surface area contributed by atoms with Crippen LogP contribution in [0.25, 0.3) is 55.7 Å². The van der Waals surface area contributed by atoms with E-state index in [-0.39, 0.29) is 17.1 Å². The summed E-state index contributed by atoms with van der Waals surface area (Å²) in [6, 6.07) is 18.6. The van der Waals surface area contributed by atoms with Gasteiger partial charge in [-0.25, -0.2) is 9.37 Å². The zero-order valence-corrected chi connectivity index (χ0v) is 26.9. The fourth-order valence-corrected chi connectivity index (χ4v) is 6.22. The van der Waals surface area contributed by atoms with Crippen molar-refractivity contribution in [2.45, 2.75) is 40.0 Å². The van der Waals surface area contributed by atoms with E-state index in [9.17, 15) is 9.18 Å². The van der Waals surface area contributed by atoms with Gasteiger partial charge in [-0.2, -0.15) is 5.10 Å². The highest BCUT2D eigenvalue weighted by molar-refractivity contribution is 6.00. The zero-order valence-electron chi connectivity index (χ0n) is 26.9. The molecule has 240 valence electrons. The van der Waals surface area contributed by atoms with Gasteiger partial charge in [0.1, 0.15) is 29.4 Å². The number of carbonyl (C=O) groups is 1. The molecule has 3 N–H and O–H groups in total. The number of aromatic amines is 2. The van der Waals surface area contributed by atoms with Gasteiger partial charge in [0.15, 0.2) is 0 Å². The average Bonchev–Trinajstić information content (AvgIpc) is 3.79. The third kappa shape index (κ3) is 6.88. The molecule has 0 aliphatic carbocycles. The van der Waals surface area contributed by atoms with E-state index in [2.05, 4.69) is 30.4 Å². The standard InChI is InChI=1S/C37H38FN7O2/c1-37(2,3)20-34(46)40-26-16-24(21-39-22-26)30-9-10-32-35(42-30)36(44-43-32)33-19-29-28(7-6-8-31(29)41-33)23-15-25(38)18-27(17-23)47-14-13-45-11-4-5-12-45/h6-10,15-19,21-22,41H,4-5,11-14,20H2,1-3H3,(H,40,46)(H,43,44). The SMILES string of the molecule is CC(C)(C)CC(=O)Nc1cncc(-c2ccc3[nH]nc(-c4cc5c(-c6cc(F)cc(OCCN7CCCC7)c6)cccc5[nH]4)c3n2)c1. The predicted octanol–water partition coefficient (Wildman–Crippen LogP) is 7.82. The van der Waals surface area contributed by atoms with Gasteiger partial charge in [-0.1, -0.05) is 32.9 Å². The second-order valence-electron chi connectivity index (χ2n) is 13.4. The first kappa shape index (κ1) is 30.6. The molecule has 0 unspecified atom stereocenters. The van der Waals surface area contributed by atoms with Crippen LogP contribution in [0, 0.1) is 11.2 Å². The smallest absolute Gasteiger partial charge is 0.224 e. The van der Waals surface area contributed by atoms with Gasteiger partial charge in [-0.15, -0.1) is 0 Å². The number of nitrogens with one attached hydrogen (secondary N) is 3. The lowest BCUT2D eigenvalue weighted by Gasteiger charge is -2.17. The van der Waals surface area contributed by atoms with Gasteiger partial charge in [0.2, 0.25) is 5.91 Å². The van der Waals surface area contributed by atoms with Crippen LogP contribution in [0.4, 0.5) is 10.1 Å². The summed E-state index contributed by atoms with van der Waals surface area (Å²) in [7, 11) is 0. The first-order valence-corrected chi connectivity index (χ1v) is 16.1. The van der Waals surface area contributed by atoms with Crippen molar-refractivity contribution in [1.29, 1.82) is 0 Å². The molecule has 2 aromatic carbocycles. The van der Waals surface area contributed by atoms with E-state index in [1.54, 1.807) is 18.5 Å². The van der Waals surface area contributed by atoms with E-state index in [1.165, 1.54) is 18.9 Å². The number of hydrogen-bond donors (Lipinski definition) is 3. The number of halogens is 1. The van der Waals surface area contributed by atoms with E-state index >= 15 is 0 Å². The highest BCUT2D eigenvalue weighted by Gasteiger charge is 2.18. The molecule has 0 radical (unpaired) electrons. The second kappa shape index (κ2) is 12.6. The van der Waals surface area contributed by atoms with Crippen LogP contribution in [-0.2, 0) is 4.79 Å². The van der Waals surface area contributed by atoms with Crippen LogP contribution >= 0.6 is 0 Å². The maximum atomic E-state index is 14.8. The van der Waals surface area contributed by atoms with Gasteiger partial charge < -0.3 is 15.0 Å². The molecule has 1 aliphatic heterocycles. The Kier molecular flexibility index (Phi) is 8.19. The number of fused-ring (bicyclic) bond motifs is 2. The van der Waals surface area contributed by atoms with Gasteiger partial charge in [-0.05, 0) is 84.9 Å². The fraction of sp³-hybridized carbons (Fsp3) is 0.297. The van der Waals surface area contributed by atoms with E-state index in [1.807, 2.05) is 69.3 Å². The predicted molar refractivity (Wildman–Crippen MR) is 184 cm³/mol. The number of likely N-dealkylation sites (tertiary alicyclic amines) is 1. The molecule has 1 aliphatic rings. The van der Waals surface area contributed by atoms with Crippen LogP contribution in [0.1, 0.15) is 40.0 Å². The minimum Gasteiger partial charge on any atom is -0.492 e. The van der Waals surface area contributed by atoms with E-state index < -0.39 is 0 Å². The Labute approximate surface area is 272 Å². The third-order valence-electron chi connectivity index (χ3n) is 8.39. The number of ether oxygens (including phenoxy) is 1. The summed E-state index contributed by atoms with van der Waals surface area (Å²) in [5.41, 5.74) is 7.42. The Morgan fingerprint density at radius 1 is 1.00 bits per heavy atom. The molecular formula is C37H38FN7O2.